The molecule has 0 saturated carbocycles. The highest BCUT2D eigenvalue weighted by Gasteiger charge is 2.33. The van der Waals surface area contributed by atoms with Gasteiger partial charge in [-0.3, -0.25) is 9.59 Å². The van der Waals surface area contributed by atoms with Crippen LogP contribution in [0.15, 0.2) is 65.6 Å². The first-order valence-corrected chi connectivity index (χ1v) is 11.4. The fourth-order valence-corrected chi connectivity index (χ4v) is 4.96. The topological polar surface area (TPSA) is 40.6 Å². The van der Waals surface area contributed by atoms with Gasteiger partial charge in [0.15, 0.2) is 0 Å². The Kier molecular flexibility index (Phi) is 7.76. The molecule has 3 rings (SSSR count). The van der Waals surface area contributed by atoms with Gasteiger partial charge in [-0.2, -0.15) is 0 Å². The zero-order chi connectivity index (χ0) is 20.6. The van der Waals surface area contributed by atoms with E-state index in [-0.39, 0.29) is 23.0 Å². The Balaban J connectivity index is 1.70. The molecule has 2 aromatic carbocycles. The summed E-state index contributed by atoms with van der Waals surface area (Å²) in [5.41, 5.74) is 1.02. The second kappa shape index (κ2) is 10.5. The number of carbonyl (C=O) groups excluding carboxylic acids is 2. The molecule has 1 saturated heterocycles. The summed E-state index contributed by atoms with van der Waals surface area (Å²) in [6.07, 6.45) is 1.50. The van der Waals surface area contributed by atoms with Crippen molar-refractivity contribution in [2.45, 2.75) is 36.8 Å². The Morgan fingerprint density at radius 3 is 2.07 bits per heavy atom. The van der Waals surface area contributed by atoms with Crippen LogP contribution in [0.5, 0.6) is 0 Å². The summed E-state index contributed by atoms with van der Waals surface area (Å²) < 4.78 is 0. The van der Waals surface area contributed by atoms with E-state index in [9.17, 15) is 9.59 Å². The highest BCUT2D eigenvalue weighted by Crippen LogP contribution is 2.37. The van der Waals surface area contributed by atoms with Crippen molar-refractivity contribution in [1.29, 1.82) is 0 Å². The number of likely N-dealkylation sites (tertiary alicyclic amines) is 1. The van der Waals surface area contributed by atoms with Gasteiger partial charge >= 0.3 is 0 Å². The summed E-state index contributed by atoms with van der Waals surface area (Å²) in [5.74, 6) is 0.412. The summed E-state index contributed by atoms with van der Waals surface area (Å²) in [5, 5.41) is -0.270. The van der Waals surface area contributed by atoms with Gasteiger partial charge in [0.1, 0.15) is 5.25 Å². The number of benzene rings is 2. The number of nitrogens with zero attached hydrogens (tertiary/aromatic N) is 2. The van der Waals surface area contributed by atoms with Crippen molar-refractivity contribution < 1.29 is 9.59 Å². The third kappa shape index (κ3) is 5.41. The second-order valence-corrected chi connectivity index (χ2v) is 8.51. The summed E-state index contributed by atoms with van der Waals surface area (Å²) in [4.78, 5) is 31.0. The molecule has 0 radical (unpaired) electrons. The molecule has 1 fully saturated rings. The first kappa shape index (κ1) is 21.4. The monoisotopic (exact) mass is 410 g/mol. The third-order valence-electron chi connectivity index (χ3n) is 5.55. The van der Waals surface area contributed by atoms with E-state index in [1.54, 1.807) is 11.8 Å². The summed E-state index contributed by atoms with van der Waals surface area (Å²) >= 11 is 1.60. The van der Waals surface area contributed by atoms with E-state index in [1.165, 1.54) is 0 Å². The van der Waals surface area contributed by atoms with Gasteiger partial charge in [-0.05, 0) is 44.4 Å². The number of thioether (sulfide) groups is 1. The SMILES string of the molecule is CCN(CC)C(=O)C1CCN(C(=O)C(Sc2ccccc2)c2ccccc2)CC1. The fraction of sp³-hybridized carbons (Fsp3) is 0.417. The minimum atomic E-state index is -0.270. The Labute approximate surface area is 178 Å². The zero-order valence-corrected chi connectivity index (χ0v) is 18.1. The predicted octanol–water partition coefficient (Wildman–Crippen LogP) is 4.63. The van der Waals surface area contributed by atoms with Crippen molar-refractivity contribution in [2.24, 2.45) is 5.92 Å². The van der Waals surface area contributed by atoms with Crippen LogP contribution in [0.1, 0.15) is 37.5 Å². The number of amides is 2. The normalized spacial score (nSPS) is 15.7. The molecule has 1 aliphatic rings. The Hall–Kier alpha value is -2.27. The van der Waals surface area contributed by atoms with Crippen molar-refractivity contribution >= 4 is 23.6 Å². The molecule has 1 unspecified atom stereocenters. The van der Waals surface area contributed by atoms with Gasteiger partial charge < -0.3 is 9.80 Å². The molecule has 0 N–H and O–H groups in total. The van der Waals surface area contributed by atoms with Gasteiger partial charge in [-0.15, -0.1) is 11.8 Å². The van der Waals surface area contributed by atoms with Crippen LogP contribution in [0.3, 0.4) is 0 Å². The first-order chi connectivity index (χ1) is 14.1. The molecular weight excluding hydrogens is 380 g/mol. The summed E-state index contributed by atoms with van der Waals surface area (Å²) in [6.45, 7) is 6.83. The summed E-state index contributed by atoms with van der Waals surface area (Å²) in [6, 6.07) is 20.1. The smallest absolute Gasteiger partial charge is 0.240 e. The minimum absolute atomic E-state index is 0.0379. The molecule has 0 bridgehead atoms. The van der Waals surface area contributed by atoms with Crippen molar-refractivity contribution in [1.82, 2.24) is 9.80 Å². The second-order valence-electron chi connectivity index (χ2n) is 7.33. The van der Waals surface area contributed by atoms with E-state index in [0.717, 1.165) is 36.4 Å². The van der Waals surface area contributed by atoms with Gasteiger partial charge in [0.2, 0.25) is 11.8 Å². The molecule has 154 valence electrons. The molecule has 2 aromatic rings. The van der Waals surface area contributed by atoms with E-state index in [4.69, 9.17) is 0 Å². The van der Waals surface area contributed by atoms with Crippen molar-refractivity contribution in [2.75, 3.05) is 26.2 Å². The van der Waals surface area contributed by atoms with E-state index < -0.39 is 0 Å². The molecule has 0 aromatic heterocycles. The Morgan fingerprint density at radius 2 is 1.52 bits per heavy atom. The summed E-state index contributed by atoms with van der Waals surface area (Å²) in [7, 11) is 0. The lowest BCUT2D eigenvalue weighted by Crippen LogP contribution is -2.45. The molecule has 0 spiro atoms. The number of hydrogen-bond donors (Lipinski definition) is 0. The van der Waals surface area contributed by atoms with Crippen LogP contribution in [0.2, 0.25) is 0 Å². The molecule has 4 nitrogen and oxygen atoms in total. The Bertz CT molecular complexity index is 785. The van der Waals surface area contributed by atoms with Crippen LogP contribution >= 0.6 is 11.8 Å². The molecule has 1 heterocycles. The maximum atomic E-state index is 13.4. The van der Waals surface area contributed by atoms with Crippen LogP contribution in [0.25, 0.3) is 0 Å². The van der Waals surface area contributed by atoms with Crippen molar-refractivity contribution in [3.8, 4) is 0 Å². The van der Waals surface area contributed by atoms with Crippen LogP contribution < -0.4 is 0 Å². The average molecular weight is 411 g/mol. The van der Waals surface area contributed by atoms with Gasteiger partial charge in [-0.1, -0.05) is 48.5 Å². The molecule has 2 amide bonds. The van der Waals surface area contributed by atoms with Crippen molar-refractivity contribution in [3.05, 3.63) is 66.2 Å². The number of rotatable bonds is 7. The molecule has 1 aliphatic heterocycles. The lowest BCUT2D eigenvalue weighted by molar-refractivity contribution is -0.140. The van der Waals surface area contributed by atoms with E-state index >= 15 is 0 Å². The van der Waals surface area contributed by atoms with Crippen LogP contribution in [-0.2, 0) is 9.59 Å². The molecule has 29 heavy (non-hydrogen) atoms. The molecule has 0 aliphatic carbocycles. The fourth-order valence-electron chi connectivity index (χ4n) is 3.83. The number of hydrogen-bond acceptors (Lipinski definition) is 3. The lowest BCUT2D eigenvalue weighted by atomic mass is 9.94. The van der Waals surface area contributed by atoms with Crippen LogP contribution in [0.4, 0.5) is 0 Å². The molecule has 5 heteroatoms. The zero-order valence-electron chi connectivity index (χ0n) is 17.3. The largest absolute Gasteiger partial charge is 0.343 e. The standard InChI is InChI=1S/C24H30N2O2S/c1-3-25(4-2)23(27)20-15-17-26(18-16-20)24(28)22(19-11-7-5-8-12-19)29-21-13-9-6-10-14-21/h5-14,20,22H,3-4,15-18H2,1-2H3. The maximum Gasteiger partial charge on any atom is 0.240 e. The maximum absolute atomic E-state index is 13.4. The molecular formula is C24H30N2O2S. The highest BCUT2D eigenvalue weighted by molar-refractivity contribution is 8.00. The van der Waals surface area contributed by atoms with Crippen LogP contribution in [-0.4, -0.2) is 47.8 Å². The van der Waals surface area contributed by atoms with Gasteiger partial charge in [0, 0.05) is 37.0 Å². The van der Waals surface area contributed by atoms with Crippen LogP contribution in [0, 0.1) is 5.92 Å². The highest BCUT2D eigenvalue weighted by atomic mass is 32.2. The van der Waals surface area contributed by atoms with Gasteiger partial charge in [0.25, 0.3) is 0 Å². The minimum Gasteiger partial charge on any atom is -0.343 e. The number of piperidine rings is 1. The lowest BCUT2D eigenvalue weighted by Gasteiger charge is -2.35. The third-order valence-corrected chi connectivity index (χ3v) is 6.81. The quantitative estimate of drug-likeness (QED) is 0.625. The van der Waals surface area contributed by atoms with E-state index in [1.807, 2.05) is 84.3 Å². The van der Waals surface area contributed by atoms with Gasteiger partial charge in [0.05, 0.1) is 0 Å². The van der Waals surface area contributed by atoms with Crippen molar-refractivity contribution in [3.63, 3.8) is 0 Å². The first-order valence-electron chi connectivity index (χ1n) is 10.5. The van der Waals surface area contributed by atoms with Gasteiger partial charge in [-0.25, -0.2) is 0 Å². The Morgan fingerprint density at radius 1 is 0.966 bits per heavy atom. The molecule has 1 atom stereocenters. The predicted molar refractivity (Wildman–Crippen MR) is 119 cm³/mol. The van der Waals surface area contributed by atoms with E-state index in [2.05, 4.69) is 0 Å². The number of carbonyl (C=O) groups is 2. The van der Waals surface area contributed by atoms with E-state index in [0.29, 0.717) is 13.1 Å². The average Bonchev–Trinajstić information content (AvgIpc) is 2.79.